The van der Waals surface area contributed by atoms with Gasteiger partial charge >= 0.3 is 0 Å². The van der Waals surface area contributed by atoms with Gasteiger partial charge in [-0.3, -0.25) is 4.79 Å². The molecule has 1 saturated heterocycles. The highest BCUT2D eigenvalue weighted by Crippen LogP contribution is 2.32. The Balaban J connectivity index is 1.78. The largest absolute Gasteiger partial charge is 0.378 e. The van der Waals surface area contributed by atoms with Crippen molar-refractivity contribution in [2.24, 2.45) is 0 Å². The zero-order valence-electron chi connectivity index (χ0n) is 13.6. The number of hydrogen-bond donors (Lipinski definition) is 0. The lowest BCUT2D eigenvalue weighted by Gasteiger charge is -2.28. The number of benzene rings is 1. The van der Waals surface area contributed by atoms with E-state index >= 15 is 0 Å². The molecule has 2 aromatic heterocycles. The Morgan fingerprint density at radius 2 is 1.92 bits per heavy atom. The maximum Gasteiger partial charge on any atom is 0.270 e. The van der Waals surface area contributed by atoms with E-state index in [-0.39, 0.29) is 11.9 Å². The van der Waals surface area contributed by atoms with Gasteiger partial charge in [0.05, 0.1) is 19.3 Å². The lowest BCUT2D eigenvalue weighted by molar-refractivity contribution is 0.0295. The normalized spacial score (nSPS) is 16.5. The fourth-order valence-electron chi connectivity index (χ4n) is 3.30. The minimum Gasteiger partial charge on any atom is -0.378 e. The molecular weight excluding hydrogens is 320 g/mol. The number of morpholine rings is 1. The standard InChI is InChI=1S/C19H20N2O2S/c1-14(15-5-3-2-4-6-15)21-17(13-16-7-12-24-19(16)21)18(22)20-8-10-23-11-9-20/h2-7,12-14H,8-11H2,1H3. The van der Waals surface area contributed by atoms with Crippen LogP contribution >= 0.6 is 11.3 Å². The second-order valence-electron chi connectivity index (χ2n) is 6.07. The SMILES string of the molecule is CC(c1ccccc1)n1c(C(=O)N2CCOCC2)cc2ccsc21. The third kappa shape index (κ3) is 2.64. The summed E-state index contributed by atoms with van der Waals surface area (Å²) in [5.41, 5.74) is 1.98. The summed E-state index contributed by atoms with van der Waals surface area (Å²) in [6, 6.07) is 14.6. The first-order valence-electron chi connectivity index (χ1n) is 8.26. The maximum absolute atomic E-state index is 13.1. The Bertz CT molecular complexity index is 847. The van der Waals surface area contributed by atoms with Crippen LogP contribution in [0.25, 0.3) is 10.2 Å². The van der Waals surface area contributed by atoms with Gasteiger partial charge in [-0.05, 0) is 30.0 Å². The highest BCUT2D eigenvalue weighted by molar-refractivity contribution is 7.16. The van der Waals surface area contributed by atoms with Crippen LogP contribution in [-0.4, -0.2) is 41.7 Å². The van der Waals surface area contributed by atoms with Crippen LogP contribution in [0.5, 0.6) is 0 Å². The summed E-state index contributed by atoms with van der Waals surface area (Å²) >= 11 is 1.69. The van der Waals surface area contributed by atoms with Crippen molar-refractivity contribution < 1.29 is 9.53 Å². The van der Waals surface area contributed by atoms with Gasteiger partial charge in [0, 0.05) is 18.5 Å². The molecule has 1 atom stereocenters. The first-order valence-corrected chi connectivity index (χ1v) is 9.14. The Hall–Kier alpha value is -2.11. The molecule has 4 nitrogen and oxygen atoms in total. The zero-order valence-corrected chi connectivity index (χ0v) is 14.5. The Kier molecular flexibility index (Phi) is 4.12. The lowest BCUT2D eigenvalue weighted by Crippen LogP contribution is -2.41. The van der Waals surface area contributed by atoms with Crippen LogP contribution in [0.15, 0.2) is 47.8 Å². The summed E-state index contributed by atoms with van der Waals surface area (Å²) in [5.74, 6) is 0.101. The molecule has 3 aromatic rings. The van der Waals surface area contributed by atoms with E-state index in [0.29, 0.717) is 26.3 Å². The Morgan fingerprint density at radius 1 is 1.17 bits per heavy atom. The van der Waals surface area contributed by atoms with E-state index < -0.39 is 0 Å². The molecule has 4 rings (SSSR count). The molecule has 0 bridgehead atoms. The van der Waals surface area contributed by atoms with Crippen LogP contribution in [0.3, 0.4) is 0 Å². The molecule has 1 aliphatic heterocycles. The second kappa shape index (κ2) is 6.42. The molecule has 3 heterocycles. The number of hydrogen-bond acceptors (Lipinski definition) is 3. The summed E-state index contributed by atoms with van der Waals surface area (Å²) < 4.78 is 7.57. The number of ether oxygens (including phenoxy) is 1. The maximum atomic E-state index is 13.1. The van der Waals surface area contributed by atoms with Gasteiger partial charge in [-0.15, -0.1) is 11.3 Å². The highest BCUT2D eigenvalue weighted by atomic mass is 32.1. The van der Waals surface area contributed by atoms with Crippen molar-refractivity contribution >= 4 is 27.5 Å². The molecule has 124 valence electrons. The van der Waals surface area contributed by atoms with E-state index in [1.807, 2.05) is 29.2 Å². The van der Waals surface area contributed by atoms with Crippen LogP contribution in [0.1, 0.15) is 29.0 Å². The number of rotatable bonds is 3. The number of carbonyl (C=O) groups excluding carboxylic acids is 1. The fraction of sp³-hybridized carbons (Fsp3) is 0.316. The molecule has 0 N–H and O–H groups in total. The van der Waals surface area contributed by atoms with Gasteiger partial charge in [-0.2, -0.15) is 0 Å². The summed E-state index contributed by atoms with van der Waals surface area (Å²) in [4.78, 5) is 16.1. The number of fused-ring (bicyclic) bond motifs is 1. The third-order valence-electron chi connectivity index (χ3n) is 4.63. The quantitative estimate of drug-likeness (QED) is 0.727. The van der Waals surface area contributed by atoms with E-state index in [9.17, 15) is 4.79 Å². The van der Waals surface area contributed by atoms with Gasteiger partial charge in [-0.25, -0.2) is 0 Å². The summed E-state index contributed by atoms with van der Waals surface area (Å²) in [7, 11) is 0. The Morgan fingerprint density at radius 3 is 2.67 bits per heavy atom. The number of thiophene rings is 1. The summed E-state index contributed by atoms with van der Waals surface area (Å²) in [6.45, 7) is 4.73. The van der Waals surface area contributed by atoms with E-state index in [4.69, 9.17) is 4.74 Å². The van der Waals surface area contributed by atoms with Crippen molar-refractivity contribution in [1.29, 1.82) is 0 Å². The number of amides is 1. The molecule has 1 amide bonds. The minimum absolute atomic E-state index is 0.101. The van der Waals surface area contributed by atoms with Crippen LogP contribution in [-0.2, 0) is 4.74 Å². The molecule has 0 aliphatic carbocycles. The summed E-state index contributed by atoms with van der Waals surface area (Å²) in [5, 5.41) is 3.22. The first kappa shape index (κ1) is 15.4. The molecule has 24 heavy (non-hydrogen) atoms. The topological polar surface area (TPSA) is 34.5 Å². The van der Waals surface area contributed by atoms with Gasteiger partial charge < -0.3 is 14.2 Å². The Labute approximate surface area is 145 Å². The van der Waals surface area contributed by atoms with Crippen molar-refractivity contribution in [3.8, 4) is 0 Å². The van der Waals surface area contributed by atoms with Gasteiger partial charge in [0.2, 0.25) is 0 Å². The fourth-order valence-corrected chi connectivity index (χ4v) is 4.28. The van der Waals surface area contributed by atoms with Crippen LogP contribution < -0.4 is 0 Å². The van der Waals surface area contributed by atoms with Gasteiger partial charge in [0.25, 0.3) is 5.91 Å². The summed E-state index contributed by atoms with van der Waals surface area (Å²) in [6.07, 6.45) is 0. The van der Waals surface area contributed by atoms with E-state index in [1.165, 1.54) is 5.56 Å². The van der Waals surface area contributed by atoms with Crippen LogP contribution in [0, 0.1) is 0 Å². The average Bonchev–Trinajstić information content (AvgIpc) is 3.23. The number of nitrogens with zero attached hydrogens (tertiary/aromatic N) is 2. The predicted octanol–water partition coefficient (Wildman–Crippen LogP) is 3.78. The molecule has 0 spiro atoms. The van der Waals surface area contributed by atoms with Gasteiger partial charge in [-0.1, -0.05) is 30.3 Å². The van der Waals surface area contributed by atoms with Crippen molar-refractivity contribution in [3.63, 3.8) is 0 Å². The smallest absolute Gasteiger partial charge is 0.270 e. The molecule has 0 saturated carbocycles. The van der Waals surface area contributed by atoms with Gasteiger partial charge in [0.15, 0.2) is 0 Å². The molecule has 1 fully saturated rings. The third-order valence-corrected chi connectivity index (χ3v) is 5.56. The van der Waals surface area contributed by atoms with E-state index in [0.717, 1.165) is 15.9 Å². The van der Waals surface area contributed by atoms with Crippen molar-refractivity contribution in [2.45, 2.75) is 13.0 Å². The number of carbonyl (C=O) groups is 1. The molecule has 1 aromatic carbocycles. The highest BCUT2D eigenvalue weighted by Gasteiger charge is 2.26. The van der Waals surface area contributed by atoms with Gasteiger partial charge in [0.1, 0.15) is 10.5 Å². The monoisotopic (exact) mass is 340 g/mol. The number of aromatic nitrogens is 1. The zero-order chi connectivity index (χ0) is 16.5. The lowest BCUT2D eigenvalue weighted by atomic mass is 10.1. The van der Waals surface area contributed by atoms with Crippen LogP contribution in [0.4, 0.5) is 0 Å². The van der Waals surface area contributed by atoms with Crippen molar-refractivity contribution in [3.05, 3.63) is 59.1 Å². The molecule has 5 heteroatoms. The van der Waals surface area contributed by atoms with E-state index in [2.05, 4.69) is 35.1 Å². The second-order valence-corrected chi connectivity index (χ2v) is 6.97. The van der Waals surface area contributed by atoms with E-state index in [1.54, 1.807) is 11.3 Å². The van der Waals surface area contributed by atoms with Crippen molar-refractivity contribution in [2.75, 3.05) is 26.3 Å². The van der Waals surface area contributed by atoms with Crippen LogP contribution in [0.2, 0.25) is 0 Å². The average molecular weight is 340 g/mol. The first-order chi connectivity index (χ1) is 11.8. The molecular formula is C19H20N2O2S. The predicted molar refractivity (Wildman–Crippen MR) is 96.8 cm³/mol. The minimum atomic E-state index is 0.101. The molecule has 1 aliphatic rings. The molecule has 1 unspecified atom stereocenters. The molecule has 0 radical (unpaired) electrons. The van der Waals surface area contributed by atoms with Crippen molar-refractivity contribution in [1.82, 2.24) is 9.47 Å².